The van der Waals surface area contributed by atoms with Crippen LogP contribution in [0.25, 0.3) is 0 Å². The van der Waals surface area contributed by atoms with Gasteiger partial charge in [-0.25, -0.2) is 0 Å². The second-order valence-corrected chi connectivity index (χ2v) is 7.19. The molecule has 0 aliphatic heterocycles. The van der Waals surface area contributed by atoms with Gasteiger partial charge in [-0.05, 0) is 56.8 Å². The topological polar surface area (TPSA) is 79.5 Å². The highest BCUT2D eigenvalue weighted by Crippen LogP contribution is 2.19. The summed E-state index contributed by atoms with van der Waals surface area (Å²) in [5.41, 5.74) is 1.36. The van der Waals surface area contributed by atoms with Gasteiger partial charge in [-0.1, -0.05) is 37.6 Å². The maximum absolute atomic E-state index is 12.7. The van der Waals surface area contributed by atoms with E-state index in [9.17, 15) is 9.59 Å². The van der Waals surface area contributed by atoms with E-state index in [2.05, 4.69) is 22.9 Å². The lowest BCUT2D eigenvalue weighted by atomic mass is 10.1. The van der Waals surface area contributed by atoms with Gasteiger partial charge in [-0.2, -0.15) is 0 Å². The molecule has 29 heavy (non-hydrogen) atoms. The van der Waals surface area contributed by atoms with Crippen molar-refractivity contribution in [3.05, 3.63) is 59.7 Å². The fourth-order valence-corrected chi connectivity index (χ4v) is 2.76. The van der Waals surface area contributed by atoms with Gasteiger partial charge >= 0.3 is 0 Å². The first-order valence-electron chi connectivity index (χ1n) is 9.66. The molecule has 0 aliphatic carbocycles. The van der Waals surface area contributed by atoms with Crippen molar-refractivity contribution in [1.82, 2.24) is 10.6 Å². The van der Waals surface area contributed by atoms with Crippen molar-refractivity contribution < 1.29 is 14.3 Å². The van der Waals surface area contributed by atoms with Gasteiger partial charge < -0.3 is 15.4 Å². The number of carbonyl (C=O) groups excluding carboxylic acids is 2. The van der Waals surface area contributed by atoms with Crippen molar-refractivity contribution in [2.24, 2.45) is 0 Å². The number of thiocarbonyl (C=S) groups is 1. The summed E-state index contributed by atoms with van der Waals surface area (Å²) in [6, 6.07) is 14.0. The smallest absolute Gasteiger partial charge is 0.261 e. The van der Waals surface area contributed by atoms with E-state index in [1.54, 1.807) is 42.5 Å². The van der Waals surface area contributed by atoms with Crippen molar-refractivity contribution in [2.45, 2.75) is 39.7 Å². The Balaban J connectivity index is 2.07. The number of para-hydroxylation sites is 2. The van der Waals surface area contributed by atoms with Gasteiger partial charge in [0, 0.05) is 6.04 Å². The molecule has 0 aromatic heterocycles. The van der Waals surface area contributed by atoms with Crippen LogP contribution in [0.4, 0.5) is 5.69 Å². The number of nitrogens with one attached hydrogen (secondary N) is 3. The number of ether oxygens (including phenoxy) is 1. The molecule has 2 aromatic rings. The predicted molar refractivity (Wildman–Crippen MR) is 120 cm³/mol. The zero-order chi connectivity index (χ0) is 21.2. The summed E-state index contributed by atoms with van der Waals surface area (Å²) in [5.74, 6) is -0.0800. The average molecular weight is 414 g/mol. The monoisotopic (exact) mass is 413 g/mol. The molecule has 2 aromatic carbocycles. The molecule has 0 saturated carbocycles. The quantitative estimate of drug-likeness (QED) is 0.448. The highest BCUT2D eigenvalue weighted by atomic mass is 32.1. The average Bonchev–Trinajstić information content (AvgIpc) is 2.68. The summed E-state index contributed by atoms with van der Waals surface area (Å²) in [5, 5.41) is 8.53. The number of hydrogen-bond donors (Lipinski definition) is 3. The molecule has 7 heteroatoms. The zero-order valence-corrected chi connectivity index (χ0v) is 17.8. The SMILES string of the molecule is CCCCOc1ccccc1C(=O)NC(=S)Nc1ccccc1C(=O)NC(C)C. The summed E-state index contributed by atoms with van der Waals surface area (Å²) in [6.45, 7) is 6.39. The lowest BCUT2D eigenvalue weighted by molar-refractivity contribution is 0.0942. The second kappa shape index (κ2) is 11.2. The minimum absolute atomic E-state index is 0.00594. The van der Waals surface area contributed by atoms with Gasteiger partial charge in [0.2, 0.25) is 0 Å². The normalized spacial score (nSPS) is 10.3. The van der Waals surface area contributed by atoms with E-state index in [-0.39, 0.29) is 23.0 Å². The molecule has 0 saturated heterocycles. The van der Waals surface area contributed by atoms with E-state index in [4.69, 9.17) is 17.0 Å². The van der Waals surface area contributed by atoms with Crippen LogP contribution in [0.2, 0.25) is 0 Å². The first-order chi connectivity index (χ1) is 13.9. The first kappa shape index (κ1) is 22.4. The molecule has 0 bridgehead atoms. The van der Waals surface area contributed by atoms with E-state index in [0.29, 0.717) is 29.2 Å². The van der Waals surface area contributed by atoms with Gasteiger partial charge in [0.05, 0.1) is 23.4 Å². The third-order valence-corrected chi connectivity index (χ3v) is 4.16. The number of rotatable bonds is 8. The van der Waals surface area contributed by atoms with Crippen LogP contribution in [0.3, 0.4) is 0 Å². The molecule has 2 amide bonds. The predicted octanol–water partition coefficient (Wildman–Crippen LogP) is 4.13. The summed E-state index contributed by atoms with van der Waals surface area (Å²) in [7, 11) is 0. The molecule has 0 atom stereocenters. The summed E-state index contributed by atoms with van der Waals surface area (Å²) >= 11 is 5.28. The van der Waals surface area contributed by atoms with E-state index >= 15 is 0 Å². The van der Waals surface area contributed by atoms with Crippen LogP contribution >= 0.6 is 12.2 Å². The lowest BCUT2D eigenvalue weighted by Crippen LogP contribution is -2.35. The number of benzene rings is 2. The molecule has 0 unspecified atom stereocenters. The molecular formula is C22H27N3O3S. The highest BCUT2D eigenvalue weighted by molar-refractivity contribution is 7.80. The van der Waals surface area contributed by atoms with Crippen LogP contribution in [0, 0.1) is 0 Å². The van der Waals surface area contributed by atoms with Crippen LogP contribution < -0.4 is 20.7 Å². The minimum atomic E-state index is -0.376. The first-order valence-corrected chi connectivity index (χ1v) is 10.1. The van der Waals surface area contributed by atoms with E-state index in [1.165, 1.54) is 0 Å². The Morgan fingerprint density at radius 2 is 1.66 bits per heavy atom. The number of carbonyl (C=O) groups is 2. The molecule has 0 heterocycles. The number of unbranched alkanes of at least 4 members (excludes halogenated alkanes) is 1. The molecule has 154 valence electrons. The molecule has 3 N–H and O–H groups in total. The Morgan fingerprint density at radius 3 is 2.34 bits per heavy atom. The van der Waals surface area contributed by atoms with E-state index in [0.717, 1.165) is 12.8 Å². The Hall–Kier alpha value is -2.93. The van der Waals surface area contributed by atoms with Gasteiger partial charge in [-0.15, -0.1) is 0 Å². The van der Waals surface area contributed by atoms with Crippen LogP contribution in [0.1, 0.15) is 54.3 Å². The van der Waals surface area contributed by atoms with Crippen molar-refractivity contribution in [1.29, 1.82) is 0 Å². The Labute approximate surface area is 177 Å². The van der Waals surface area contributed by atoms with Crippen molar-refractivity contribution >= 4 is 34.8 Å². The number of amides is 2. The zero-order valence-electron chi connectivity index (χ0n) is 17.0. The molecule has 0 fully saturated rings. The van der Waals surface area contributed by atoms with E-state index < -0.39 is 0 Å². The molecule has 0 radical (unpaired) electrons. The fourth-order valence-electron chi connectivity index (χ4n) is 2.56. The van der Waals surface area contributed by atoms with Gasteiger partial charge in [0.25, 0.3) is 11.8 Å². The van der Waals surface area contributed by atoms with Crippen LogP contribution in [-0.2, 0) is 0 Å². The summed E-state index contributed by atoms with van der Waals surface area (Å²) < 4.78 is 5.71. The van der Waals surface area contributed by atoms with Crippen molar-refractivity contribution in [3.8, 4) is 5.75 Å². The maximum Gasteiger partial charge on any atom is 0.261 e. The minimum Gasteiger partial charge on any atom is -0.493 e. The Morgan fingerprint density at radius 1 is 1.00 bits per heavy atom. The van der Waals surface area contributed by atoms with Crippen LogP contribution in [-0.4, -0.2) is 29.6 Å². The fraction of sp³-hybridized carbons (Fsp3) is 0.318. The number of anilines is 1. The second-order valence-electron chi connectivity index (χ2n) is 6.78. The van der Waals surface area contributed by atoms with Gasteiger partial charge in [-0.3, -0.25) is 14.9 Å². The molecular weight excluding hydrogens is 386 g/mol. The third-order valence-electron chi connectivity index (χ3n) is 3.95. The largest absolute Gasteiger partial charge is 0.493 e. The summed E-state index contributed by atoms with van der Waals surface area (Å²) in [6.07, 6.45) is 1.91. The number of hydrogen-bond acceptors (Lipinski definition) is 4. The highest BCUT2D eigenvalue weighted by Gasteiger charge is 2.16. The molecule has 2 rings (SSSR count). The Kier molecular flexibility index (Phi) is 8.61. The molecule has 0 spiro atoms. The lowest BCUT2D eigenvalue weighted by Gasteiger charge is -2.15. The van der Waals surface area contributed by atoms with Crippen LogP contribution in [0.15, 0.2) is 48.5 Å². The van der Waals surface area contributed by atoms with Crippen molar-refractivity contribution in [2.75, 3.05) is 11.9 Å². The van der Waals surface area contributed by atoms with Gasteiger partial charge in [0.15, 0.2) is 5.11 Å². The molecule has 0 aliphatic rings. The van der Waals surface area contributed by atoms with Gasteiger partial charge in [0.1, 0.15) is 5.75 Å². The van der Waals surface area contributed by atoms with E-state index in [1.807, 2.05) is 19.9 Å². The van der Waals surface area contributed by atoms with Crippen molar-refractivity contribution in [3.63, 3.8) is 0 Å². The standard InChI is InChI=1S/C22H27N3O3S/c1-4-5-14-28-19-13-9-7-11-17(19)21(27)25-22(29)24-18-12-8-6-10-16(18)20(26)23-15(2)3/h6-13,15H,4-5,14H2,1-3H3,(H,23,26)(H2,24,25,27,29). The molecule has 6 nitrogen and oxygen atoms in total. The third kappa shape index (κ3) is 6.87. The maximum atomic E-state index is 12.7. The summed E-state index contributed by atoms with van der Waals surface area (Å²) in [4.78, 5) is 25.0. The Bertz CT molecular complexity index is 868. The van der Waals surface area contributed by atoms with Crippen LogP contribution in [0.5, 0.6) is 5.75 Å².